The third kappa shape index (κ3) is 3.66. The molecule has 2 aromatic heterocycles. The van der Waals surface area contributed by atoms with Gasteiger partial charge in [0.2, 0.25) is 17.6 Å². The third-order valence-corrected chi connectivity index (χ3v) is 4.24. The Morgan fingerprint density at radius 1 is 1.19 bits per heavy atom. The lowest BCUT2D eigenvalue weighted by atomic mass is 9.98. The second-order valence-electron chi connectivity index (χ2n) is 6.09. The maximum absolute atomic E-state index is 12.2. The summed E-state index contributed by atoms with van der Waals surface area (Å²) in [5.41, 5.74) is 1.12. The average molecular weight is 364 g/mol. The highest BCUT2D eigenvalue weighted by Crippen LogP contribution is 2.18. The Kier molecular flexibility index (Phi) is 4.56. The van der Waals surface area contributed by atoms with Crippen LogP contribution < -0.4 is 5.32 Å². The Labute approximate surface area is 154 Å². The summed E-state index contributed by atoms with van der Waals surface area (Å²) in [5, 5.41) is 6.67. The van der Waals surface area contributed by atoms with E-state index in [1.165, 1.54) is 18.6 Å². The van der Waals surface area contributed by atoms with Crippen LogP contribution in [0.1, 0.15) is 16.4 Å². The van der Waals surface area contributed by atoms with Gasteiger partial charge in [0.25, 0.3) is 5.91 Å². The zero-order chi connectivity index (χ0) is 18.6. The van der Waals surface area contributed by atoms with Crippen molar-refractivity contribution >= 4 is 11.8 Å². The predicted molar refractivity (Wildman–Crippen MR) is 93.0 cm³/mol. The number of carbonyl (C=O) groups excluding carboxylic acids is 2. The van der Waals surface area contributed by atoms with E-state index >= 15 is 0 Å². The van der Waals surface area contributed by atoms with Crippen LogP contribution in [0, 0.1) is 5.92 Å². The van der Waals surface area contributed by atoms with Crippen LogP contribution in [0.3, 0.4) is 0 Å². The number of rotatable bonds is 5. The average Bonchev–Trinajstić information content (AvgIpc) is 3.15. The van der Waals surface area contributed by atoms with Crippen LogP contribution in [0.25, 0.3) is 11.4 Å². The van der Waals surface area contributed by atoms with Crippen LogP contribution in [-0.4, -0.2) is 49.9 Å². The van der Waals surface area contributed by atoms with E-state index in [4.69, 9.17) is 4.52 Å². The fraction of sp³-hybridized carbons (Fsp3) is 0.222. The SMILES string of the molecule is O=C(NCc1nc(-c2ccccc2)no1)C1CN(C(=O)c2cnccn2)C1. The molecule has 0 unspecified atom stereocenters. The number of likely N-dealkylation sites (tertiary alicyclic amines) is 1. The number of nitrogens with zero attached hydrogens (tertiary/aromatic N) is 5. The van der Waals surface area contributed by atoms with Crippen LogP contribution in [0.2, 0.25) is 0 Å². The zero-order valence-corrected chi connectivity index (χ0v) is 14.3. The number of aromatic nitrogens is 4. The lowest BCUT2D eigenvalue weighted by molar-refractivity contribution is -0.129. The van der Waals surface area contributed by atoms with Gasteiger partial charge < -0.3 is 14.7 Å². The first-order valence-corrected chi connectivity index (χ1v) is 8.42. The first kappa shape index (κ1) is 16.8. The van der Waals surface area contributed by atoms with Crippen molar-refractivity contribution in [2.24, 2.45) is 5.92 Å². The number of benzene rings is 1. The first-order chi connectivity index (χ1) is 13.2. The molecule has 1 saturated heterocycles. The Bertz CT molecular complexity index is 938. The molecule has 0 radical (unpaired) electrons. The van der Waals surface area contributed by atoms with Crippen molar-refractivity contribution in [1.29, 1.82) is 0 Å². The summed E-state index contributed by atoms with van der Waals surface area (Å²) >= 11 is 0. The number of hydrogen-bond donors (Lipinski definition) is 1. The second-order valence-corrected chi connectivity index (χ2v) is 6.09. The fourth-order valence-corrected chi connectivity index (χ4v) is 2.72. The van der Waals surface area contributed by atoms with E-state index in [-0.39, 0.29) is 30.0 Å². The van der Waals surface area contributed by atoms with E-state index < -0.39 is 0 Å². The molecule has 9 nitrogen and oxygen atoms in total. The largest absolute Gasteiger partial charge is 0.347 e. The van der Waals surface area contributed by atoms with Gasteiger partial charge in [0.05, 0.1) is 18.7 Å². The highest BCUT2D eigenvalue weighted by Gasteiger charge is 2.36. The maximum Gasteiger partial charge on any atom is 0.274 e. The van der Waals surface area contributed by atoms with Gasteiger partial charge in [-0.2, -0.15) is 4.98 Å². The summed E-state index contributed by atoms with van der Waals surface area (Å²) < 4.78 is 5.16. The smallest absolute Gasteiger partial charge is 0.274 e. The summed E-state index contributed by atoms with van der Waals surface area (Å²) in [6.45, 7) is 0.841. The van der Waals surface area contributed by atoms with Crippen molar-refractivity contribution in [3.05, 3.63) is 60.5 Å². The number of hydrogen-bond acceptors (Lipinski definition) is 7. The minimum absolute atomic E-state index is 0.146. The van der Waals surface area contributed by atoms with Crippen molar-refractivity contribution in [3.63, 3.8) is 0 Å². The quantitative estimate of drug-likeness (QED) is 0.716. The topological polar surface area (TPSA) is 114 Å². The number of nitrogens with one attached hydrogen (secondary N) is 1. The van der Waals surface area contributed by atoms with E-state index in [1.807, 2.05) is 30.3 Å². The summed E-state index contributed by atoms with van der Waals surface area (Å²) in [6, 6.07) is 9.44. The molecule has 1 aliphatic heterocycles. The minimum atomic E-state index is -0.262. The van der Waals surface area contributed by atoms with Gasteiger partial charge in [0, 0.05) is 31.0 Å². The minimum Gasteiger partial charge on any atom is -0.347 e. The molecule has 1 N–H and O–H groups in total. The molecule has 0 aliphatic carbocycles. The van der Waals surface area contributed by atoms with Crippen molar-refractivity contribution in [2.75, 3.05) is 13.1 Å². The van der Waals surface area contributed by atoms with Gasteiger partial charge >= 0.3 is 0 Å². The lowest BCUT2D eigenvalue weighted by Crippen LogP contribution is -2.55. The molecule has 136 valence electrons. The number of carbonyl (C=O) groups is 2. The first-order valence-electron chi connectivity index (χ1n) is 8.42. The van der Waals surface area contributed by atoms with Gasteiger partial charge in [-0.3, -0.25) is 14.6 Å². The molecule has 4 rings (SSSR count). The molecular formula is C18H16N6O3. The van der Waals surface area contributed by atoms with Crippen LogP contribution >= 0.6 is 0 Å². The van der Waals surface area contributed by atoms with E-state index in [2.05, 4.69) is 25.4 Å². The predicted octanol–water partition coefficient (Wildman–Crippen LogP) is 0.915. The van der Waals surface area contributed by atoms with E-state index in [0.29, 0.717) is 24.8 Å². The summed E-state index contributed by atoms with van der Waals surface area (Å²) in [5.74, 6) is 0.162. The van der Waals surface area contributed by atoms with Gasteiger partial charge in [-0.15, -0.1) is 0 Å². The molecule has 1 aliphatic rings. The standard InChI is InChI=1S/C18H16N6O3/c25-17(13-10-24(11-13)18(26)14-8-19-6-7-20-14)21-9-15-22-16(23-27-15)12-4-2-1-3-5-12/h1-8,13H,9-11H2,(H,21,25). The molecule has 3 heterocycles. The van der Waals surface area contributed by atoms with E-state index in [1.54, 1.807) is 4.90 Å². The number of amides is 2. The van der Waals surface area contributed by atoms with Gasteiger partial charge in [-0.05, 0) is 0 Å². The molecule has 1 aromatic carbocycles. The van der Waals surface area contributed by atoms with E-state index in [0.717, 1.165) is 5.56 Å². The fourth-order valence-electron chi connectivity index (χ4n) is 2.72. The highest BCUT2D eigenvalue weighted by molar-refractivity contribution is 5.94. The van der Waals surface area contributed by atoms with Crippen LogP contribution in [0.5, 0.6) is 0 Å². The molecule has 0 atom stereocenters. The summed E-state index contributed by atoms with van der Waals surface area (Å²) in [7, 11) is 0. The zero-order valence-electron chi connectivity index (χ0n) is 14.3. The van der Waals surface area contributed by atoms with Crippen LogP contribution in [0.15, 0.2) is 53.4 Å². The normalized spacial score (nSPS) is 13.9. The van der Waals surface area contributed by atoms with Crippen molar-refractivity contribution in [1.82, 2.24) is 30.3 Å². The molecule has 1 fully saturated rings. The lowest BCUT2D eigenvalue weighted by Gasteiger charge is -2.37. The van der Waals surface area contributed by atoms with Gasteiger partial charge in [0.15, 0.2) is 0 Å². The Morgan fingerprint density at radius 3 is 2.74 bits per heavy atom. The van der Waals surface area contributed by atoms with Crippen LogP contribution in [0.4, 0.5) is 0 Å². The molecule has 27 heavy (non-hydrogen) atoms. The molecule has 0 bridgehead atoms. The van der Waals surface area contributed by atoms with E-state index in [9.17, 15) is 9.59 Å². The molecule has 0 saturated carbocycles. The highest BCUT2D eigenvalue weighted by atomic mass is 16.5. The van der Waals surface area contributed by atoms with Gasteiger partial charge in [-0.25, -0.2) is 4.98 Å². The second kappa shape index (κ2) is 7.32. The van der Waals surface area contributed by atoms with Crippen LogP contribution in [-0.2, 0) is 11.3 Å². The Balaban J connectivity index is 1.26. The summed E-state index contributed by atoms with van der Waals surface area (Å²) in [6.07, 6.45) is 4.38. The molecule has 2 amide bonds. The van der Waals surface area contributed by atoms with Crippen molar-refractivity contribution < 1.29 is 14.1 Å². The Morgan fingerprint density at radius 2 is 2.00 bits per heavy atom. The van der Waals surface area contributed by atoms with Gasteiger partial charge in [0.1, 0.15) is 5.69 Å². The van der Waals surface area contributed by atoms with Gasteiger partial charge in [-0.1, -0.05) is 35.5 Å². The molecular weight excluding hydrogens is 348 g/mol. The summed E-state index contributed by atoms with van der Waals surface area (Å²) in [4.78, 5) is 38.1. The monoisotopic (exact) mass is 364 g/mol. The molecule has 9 heteroatoms. The van der Waals surface area contributed by atoms with Crippen molar-refractivity contribution in [2.45, 2.75) is 6.54 Å². The maximum atomic E-state index is 12.2. The Hall–Kier alpha value is -3.62. The van der Waals surface area contributed by atoms with Crippen molar-refractivity contribution in [3.8, 4) is 11.4 Å². The molecule has 0 spiro atoms. The molecule has 3 aromatic rings. The third-order valence-electron chi connectivity index (χ3n) is 4.24.